The molecular weight excluding hydrogens is 287 g/mol. The molecule has 0 aromatic carbocycles. The molecule has 21 heavy (non-hydrogen) atoms. The van der Waals surface area contributed by atoms with Crippen LogP contribution in [0, 0.1) is 5.92 Å². The lowest BCUT2D eigenvalue weighted by Gasteiger charge is -2.33. The summed E-state index contributed by atoms with van der Waals surface area (Å²) < 4.78 is 38.6. The Hall–Kier alpha value is -1.47. The number of unbranched alkanes of at least 4 members (excludes halogenated alkanes) is 1. The molecule has 1 aliphatic carbocycles. The summed E-state index contributed by atoms with van der Waals surface area (Å²) in [6, 6.07) is -1.44. The van der Waals surface area contributed by atoms with Crippen molar-refractivity contribution in [2.45, 2.75) is 57.2 Å². The number of hydrogen-bond donors (Lipinski definition) is 3. The highest BCUT2D eigenvalue weighted by Crippen LogP contribution is 2.37. The van der Waals surface area contributed by atoms with E-state index in [1.807, 2.05) is 0 Å². The van der Waals surface area contributed by atoms with Gasteiger partial charge < -0.3 is 16.4 Å². The zero-order valence-electron chi connectivity index (χ0n) is 11.8. The van der Waals surface area contributed by atoms with E-state index in [9.17, 15) is 22.8 Å². The highest BCUT2D eigenvalue weighted by Gasteiger charge is 2.45. The molecule has 4 N–H and O–H groups in total. The first kappa shape index (κ1) is 17.6. The van der Waals surface area contributed by atoms with Crippen molar-refractivity contribution < 1.29 is 22.8 Å². The Morgan fingerprint density at radius 1 is 1.14 bits per heavy atom. The van der Waals surface area contributed by atoms with Gasteiger partial charge in [0.1, 0.15) is 0 Å². The normalized spacial score (nSPS) is 22.6. The van der Waals surface area contributed by atoms with Gasteiger partial charge in [-0.25, -0.2) is 4.79 Å². The zero-order valence-corrected chi connectivity index (χ0v) is 11.8. The Labute approximate surface area is 121 Å². The standard InChI is InChI=1S/C13H22F3N3O2/c14-13(15,16)9-5-1-2-6-10(9)19-11(20)7-3-4-8-18-12(17)21/h9-10H,1-8H2,(H,19,20)(H3,17,18,21). The van der Waals surface area contributed by atoms with Gasteiger partial charge in [-0.15, -0.1) is 0 Å². The van der Waals surface area contributed by atoms with E-state index >= 15 is 0 Å². The first-order valence-corrected chi connectivity index (χ1v) is 7.20. The maximum Gasteiger partial charge on any atom is 0.393 e. The lowest BCUT2D eigenvalue weighted by atomic mass is 9.84. The number of amides is 3. The molecule has 2 atom stereocenters. The van der Waals surface area contributed by atoms with Crippen LogP contribution in [0.4, 0.5) is 18.0 Å². The van der Waals surface area contributed by atoms with Gasteiger partial charge >= 0.3 is 12.2 Å². The summed E-state index contributed by atoms with van der Waals surface area (Å²) in [5.41, 5.74) is 4.88. The van der Waals surface area contributed by atoms with E-state index in [0.717, 1.165) is 0 Å². The van der Waals surface area contributed by atoms with Crippen molar-refractivity contribution in [3.05, 3.63) is 0 Å². The number of rotatable bonds is 6. The largest absolute Gasteiger partial charge is 0.393 e. The van der Waals surface area contributed by atoms with Gasteiger partial charge in [0.25, 0.3) is 0 Å². The van der Waals surface area contributed by atoms with Crippen molar-refractivity contribution in [1.29, 1.82) is 0 Å². The number of urea groups is 1. The minimum absolute atomic E-state index is 0.0803. The van der Waals surface area contributed by atoms with Gasteiger partial charge in [-0.3, -0.25) is 4.79 Å². The van der Waals surface area contributed by atoms with Crippen molar-refractivity contribution >= 4 is 11.9 Å². The summed E-state index contributed by atoms with van der Waals surface area (Å²) >= 11 is 0. The third-order valence-corrected chi connectivity index (χ3v) is 3.66. The van der Waals surface area contributed by atoms with Crippen molar-refractivity contribution in [1.82, 2.24) is 10.6 Å². The van der Waals surface area contributed by atoms with E-state index in [0.29, 0.717) is 38.6 Å². The minimum atomic E-state index is -4.26. The molecule has 3 amide bonds. The summed E-state index contributed by atoms with van der Waals surface area (Å²) in [5.74, 6) is -1.80. The fraction of sp³-hybridized carbons (Fsp3) is 0.846. The smallest absolute Gasteiger partial charge is 0.353 e. The van der Waals surface area contributed by atoms with E-state index < -0.39 is 24.2 Å². The van der Waals surface area contributed by atoms with Gasteiger partial charge in [-0.1, -0.05) is 12.8 Å². The molecule has 1 fully saturated rings. The molecule has 0 aliphatic heterocycles. The monoisotopic (exact) mass is 309 g/mol. The van der Waals surface area contributed by atoms with Crippen molar-refractivity contribution in [3.8, 4) is 0 Å². The summed E-state index contributed by atoms with van der Waals surface area (Å²) in [6.07, 6.45) is -1.34. The Kier molecular flexibility index (Phi) is 6.77. The first-order chi connectivity index (χ1) is 9.80. The van der Waals surface area contributed by atoms with Crippen LogP contribution in [-0.2, 0) is 4.79 Å². The summed E-state index contributed by atoms with van der Waals surface area (Å²) in [7, 11) is 0. The van der Waals surface area contributed by atoms with Gasteiger partial charge in [0.05, 0.1) is 5.92 Å². The Morgan fingerprint density at radius 2 is 1.81 bits per heavy atom. The van der Waals surface area contributed by atoms with Crippen LogP contribution in [0.1, 0.15) is 44.9 Å². The molecule has 2 unspecified atom stereocenters. The molecule has 5 nitrogen and oxygen atoms in total. The second kappa shape index (κ2) is 8.09. The number of nitrogens with two attached hydrogens (primary N) is 1. The summed E-state index contributed by atoms with van der Waals surface area (Å²) in [5, 5.41) is 4.89. The van der Waals surface area contributed by atoms with E-state index in [-0.39, 0.29) is 18.7 Å². The molecule has 8 heteroatoms. The lowest BCUT2D eigenvalue weighted by Crippen LogP contribution is -2.47. The molecule has 0 saturated heterocycles. The molecule has 0 aromatic heterocycles. The van der Waals surface area contributed by atoms with Crippen LogP contribution >= 0.6 is 0 Å². The van der Waals surface area contributed by atoms with E-state index in [4.69, 9.17) is 5.73 Å². The highest BCUT2D eigenvalue weighted by molar-refractivity contribution is 5.76. The molecule has 0 radical (unpaired) electrons. The predicted octanol–water partition coefficient (Wildman–Crippen LogP) is 2.06. The third-order valence-electron chi connectivity index (χ3n) is 3.66. The van der Waals surface area contributed by atoms with Crippen molar-refractivity contribution in [3.63, 3.8) is 0 Å². The number of carbonyl (C=O) groups excluding carboxylic acids is 2. The second-order valence-electron chi connectivity index (χ2n) is 5.35. The molecule has 0 spiro atoms. The maximum atomic E-state index is 12.9. The van der Waals surface area contributed by atoms with Crippen LogP contribution in [0.15, 0.2) is 0 Å². The number of hydrogen-bond acceptors (Lipinski definition) is 2. The number of primary amides is 1. The minimum Gasteiger partial charge on any atom is -0.353 e. The van der Waals surface area contributed by atoms with Crippen LogP contribution in [0.3, 0.4) is 0 Å². The summed E-state index contributed by atoms with van der Waals surface area (Å²) in [4.78, 5) is 22.1. The number of nitrogens with one attached hydrogen (secondary N) is 2. The summed E-state index contributed by atoms with van der Waals surface area (Å²) in [6.45, 7) is 0.358. The quantitative estimate of drug-likeness (QED) is 0.656. The number of alkyl halides is 3. The van der Waals surface area contributed by atoms with Crippen molar-refractivity contribution in [2.24, 2.45) is 11.7 Å². The topological polar surface area (TPSA) is 84.2 Å². The highest BCUT2D eigenvalue weighted by atomic mass is 19.4. The number of carbonyl (C=O) groups is 2. The predicted molar refractivity (Wildman–Crippen MR) is 71.4 cm³/mol. The van der Waals surface area contributed by atoms with Crippen LogP contribution in [0.2, 0.25) is 0 Å². The molecule has 1 saturated carbocycles. The van der Waals surface area contributed by atoms with Gasteiger partial charge in [0.15, 0.2) is 0 Å². The third kappa shape index (κ3) is 6.68. The molecule has 0 heterocycles. The lowest BCUT2D eigenvalue weighted by molar-refractivity contribution is -0.189. The van der Waals surface area contributed by atoms with Crippen LogP contribution in [-0.4, -0.2) is 30.7 Å². The molecular formula is C13H22F3N3O2. The van der Waals surface area contributed by atoms with Gasteiger partial charge in [-0.05, 0) is 25.7 Å². The van der Waals surface area contributed by atoms with Gasteiger partial charge in [-0.2, -0.15) is 13.2 Å². The first-order valence-electron chi connectivity index (χ1n) is 7.20. The molecule has 1 aliphatic rings. The second-order valence-corrected chi connectivity index (χ2v) is 5.35. The number of halogens is 3. The zero-order chi connectivity index (χ0) is 15.9. The SMILES string of the molecule is NC(=O)NCCCCC(=O)NC1CCCCC1C(F)(F)F. The van der Waals surface area contributed by atoms with E-state index in [2.05, 4.69) is 10.6 Å². The van der Waals surface area contributed by atoms with Gasteiger partial charge in [0, 0.05) is 19.0 Å². The molecule has 0 bridgehead atoms. The fourth-order valence-electron chi connectivity index (χ4n) is 2.60. The van der Waals surface area contributed by atoms with Crippen LogP contribution in [0.25, 0.3) is 0 Å². The van der Waals surface area contributed by atoms with E-state index in [1.54, 1.807) is 0 Å². The Bertz CT molecular complexity index is 361. The molecule has 0 aromatic rings. The average molecular weight is 309 g/mol. The molecule has 122 valence electrons. The Morgan fingerprint density at radius 3 is 2.43 bits per heavy atom. The van der Waals surface area contributed by atoms with Gasteiger partial charge in [0.2, 0.25) is 5.91 Å². The fourth-order valence-corrected chi connectivity index (χ4v) is 2.60. The maximum absolute atomic E-state index is 12.9. The Balaban J connectivity index is 2.30. The molecule has 1 rings (SSSR count). The van der Waals surface area contributed by atoms with E-state index in [1.165, 1.54) is 0 Å². The van der Waals surface area contributed by atoms with Crippen LogP contribution < -0.4 is 16.4 Å². The average Bonchev–Trinajstić information content (AvgIpc) is 2.37. The van der Waals surface area contributed by atoms with Crippen LogP contribution in [0.5, 0.6) is 0 Å². The van der Waals surface area contributed by atoms with Crippen molar-refractivity contribution in [2.75, 3.05) is 6.54 Å².